The average Bonchev–Trinajstić information content (AvgIpc) is 2.62. The zero-order valence-corrected chi connectivity index (χ0v) is 16.8. The molecule has 1 saturated heterocycles. The highest BCUT2D eigenvalue weighted by Gasteiger charge is 2.26. The minimum absolute atomic E-state index is 0.303. The van der Waals surface area contributed by atoms with E-state index in [-0.39, 0.29) is 5.97 Å². The van der Waals surface area contributed by atoms with Gasteiger partial charge in [-0.2, -0.15) is 4.31 Å². The van der Waals surface area contributed by atoms with Crippen LogP contribution in [0.2, 0.25) is 0 Å². The summed E-state index contributed by atoms with van der Waals surface area (Å²) in [5.74, 6) is -0.363. The van der Waals surface area contributed by atoms with Crippen molar-refractivity contribution in [3.05, 3.63) is 41.1 Å². The fourth-order valence-corrected chi connectivity index (χ4v) is 4.29. The van der Waals surface area contributed by atoms with Crippen LogP contribution in [0, 0.1) is 6.92 Å². The van der Waals surface area contributed by atoms with Crippen molar-refractivity contribution in [2.24, 2.45) is 0 Å². The number of hydrogen-bond acceptors (Lipinski definition) is 6. The van der Waals surface area contributed by atoms with Crippen LogP contribution in [-0.4, -0.2) is 67.6 Å². The number of carbonyl (C=O) groups excluding carboxylic acids is 1. The van der Waals surface area contributed by atoms with Crippen LogP contribution >= 0.6 is 0 Å². The van der Waals surface area contributed by atoms with Gasteiger partial charge in [0.1, 0.15) is 0 Å². The first kappa shape index (κ1) is 19.7. The molecule has 7 nitrogen and oxygen atoms in total. The number of para-hydroxylation sites is 1. The topological polar surface area (TPSA) is 79.8 Å². The van der Waals surface area contributed by atoms with Gasteiger partial charge in [0.05, 0.1) is 29.6 Å². The second-order valence-electron chi connectivity index (χ2n) is 6.73. The number of rotatable bonds is 5. The summed E-state index contributed by atoms with van der Waals surface area (Å²) >= 11 is 0. The lowest BCUT2D eigenvalue weighted by atomic mass is 10.0. The third-order valence-corrected chi connectivity index (χ3v) is 6.18. The minimum atomic E-state index is -3.17. The Balaban J connectivity index is 1.91. The molecule has 0 aliphatic carbocycles. The van der Waals surface area contributed by atoms with Crippen LogP contribution in [0.4, 0.5) is 0 Å². The first-order valence-corrected chi connectivity index (χ1v) is 10.9. The van der Waals surface area contributed by atoms with Crippen molar-refractivity contribution in [1.82, 2.24) is 14.2 Å². The zero-order valence-electron chi connectivity index (χ0n) is 15.9. The molecule has 0 atom stereocenters. The molecule has 2 heterocycles. The summed E-state index contributed by atoms with van der Waals surface area (Å²) < 4.78 is 30.1. The molecular weight excluding hydrogens is 366 g/mol. The number of ether oxygens (including phenoxy) is 1. The molecular formula is C19H25N3O4S. The van der Waals surface area contributed by atoms with Gasteiger partial charge in [-0.3, -0.25) is 9.88 Å². The lowest BCUT2D eigenvalue weighted by Crippen LogP contribution is -2.48. The highest BCUT2D eigenvalue weighted by Crippen LogP contribution is 2.25. The first-order chi connectivity index (χ1) is 12.8. The number of fused-ring (bicyclic) bond motifs is 1. The van der Waals surface area contributed by atoms with Crippen molar-refractivity contribution < 1.29 is 17.9 Å². The van der Waals surface area contributed by atoms with Crippen LogP contribution in [0.25, 0.3) is 10.9 Å². The number of sulfonamides is 1. The second kappa shape index (κ2) is 7.92. The molecule has 2 aromatic rings. The van der Waals surface area contributed by atoms with E-state index in [9.17, 15) is 13.2 Å². The summed E-state index contributed by atoms with van der Waals surface area (Å²) in [7, 11) is -3.17. The monoisotopic (exact) mass is 391 g/mol. The number of carbonyl (C=O) groups is 1. The molecule has 0 N–H and O–H groups in total. The van der Waals surface area contributed by atoms with E-state index in [2.05, 4.69) is 4.90 Å². The Bertz CT molecular complexity index is 951. The van der Waals surface area contributed by atoms with Crippen LogP contribution < -0.4 is 0 Å². The van der Waals surface area contributed by atoms with Gasteiger partial charge >= 0.3 is 5.97 Å². The van der Waals surface area contributed by atoms with Gasteiger partial charge < -0.3 is 4.74 Å². The number of esters is 1. The predicted octanol–water partition coefficient (Wildman–Crippen LogP) is 1.80. The van der Waals surface area contributed by atoms with Crippen LogP contribution in [0.5, 0.6) is 0 Å². The first-order valence-electron chi connectivity index (χ1n) is 9.04. The van der Waals surface area contributed by atoms with E-state index in [0.717, 1.165) is 16.5 Å². The zero-order chi connectivity index (χ0) is 19.6. The molecule has 8 heteroatoms. The van der Waals surface area contributed by atoms with E-state index in [1.807, 2.05) is 31.2 Å². The van der Waals surface area contributed by atoms with Crippen molar-refractivity contribution in [3.8, 4) is 0 Å². The molecule has 1 aliphatic heterocycles. The third kappa shape index (κ3) is 4.28. The summed E-state index contributed by atoms with van der Waals surface area (Å²) in [6, 6.07) is 7.74. The Morgan fingerprint density at radius 3 is 2.48 bits per heavy atom. The number of benzene rings is 1. The predicted molar refractivity (Wildman–Crippen MR) is 104 cm³/mol. The van der Waals surface area contributed by atoms with Crippen LogP contribution in [0.3, 0.4) is 0 Å². The van der Waals surface area contributed by atoms with Gasteiger partial charge in [-0.1, -0.05) is 18.2 Å². The standard InChI is InChI=1S/C19H25N3O4S/c1-4-26-19(23)18-14(2)15-7-5-6-8-16(15)20-17(18)13-21-9-11-22(12-10-21)27(3,24)25/h5-8H,4,9-13H2,1-3H3. The van der Waals surface area contributed by atoms with E-state index in [1.165, 1.54) is 10.6 Å². The summed E-state index contributed by atoms with van der Waals surface area (Å²) in [6.07, 6.45) is 1.23. The number of aromatic nitrogens is 1. The van der Waals surface area contributed by atoms with Gasteiger partial charge in [0, 0.05) is 38.1 Å². The van der Waals surface area contributed by atoms with Gasteiger partial charge in [-0.05, 0) is 25.5 Å². The summed E-state index contributed by atoms with van der Waals surface area (Å²) in [4.78, 5) is 19.4. The molecule has 3 rings (SSSR count). The Labute approximate surface area is 160 Å². The van der Waals surface area contributed by atoms with E-state index in [0.29, 0.717) is 50.6 Å². The normalized spacial score (nSPS) is 16.6. The molecule has 1 aliphatic rings. The maximum absolute atomic E-state index is 12.6. The van der Waals surface area contributed by atoms with Crippen molar-refractivity contribution in [1.29, 1.82) is 0 Å². The quantitative estimate of drug-likeness (QED) is 0.723. The number of hydrogen-bond donors (Lipinski definition) is 0. The van der Waals surface area contributed by atoms with Gasteiger partial charge in [0.25, 0.3) is 0 Å². The molecule has 1 aromatic carbocycles. The number of aryl methyl sites for hydroxylation is 1. The maximum atomic E-state index is 12.6. The van der Waals surface area contributed by atoms with Crippen LogP contribution in [0.1, 0.15) is 28.5 Å². The van der Waals surface area contributed by atoms with Crippen molar-refractivity contribution in [2.75, 3.05) is 39.0 Å². The molecule has 0 bridgehead atoms. The molecule has 0 unspecified atom stereocenters. The Morgan fingerprint density at radius 1 is 1.19 bits per heavy atom. The summed E-state index contributed by atoms with van der Waals surface area (Å²) in [5, 5.41) is 0.936. The van der Waals surface area contributed by atoms with E-state index < -0.39 is 10.0 Å². The number of pyridine rings is 1. The molecule has 1 fully saturated rings. The molecule has 1 aromatic heterocycles. The Hall–Kier alpha value is -2.03. The van der Waals surface area contributed by atoms with E-state index >= 15 is 0 Å². The summed E-state index contributed by atoms with van der Waals surface area (Å²) in [6.45, 7) is 6.58. The number of piperazine rings is 1. The maximum Gasteiger partial charge on any atom is 0.340 e. The van der Waals surface area contributed by atoms with Gasteiger partial charge in [-0.25, -0.2) is 13.2 Å². The fourth-order valence-electron chi connectivity index (χ4n) is 3.46. The lowest BCUT2D eigenvalue weighted by molar-refractivity contribution is 0.0522. The van der Waals surface area contributed by atoms with Crippen molar-refractivity contribution in [2.45, 2.75) is 20.4 Å². The minimum Gasteiger partial charge on any atom is -0.462 e. The highest BCUT2D eigenvalue weighted by atomic mass is 32.2. The van der Waals surface area contributed by atoms with Crippen molar-refractivity contribution in [3.63, 3.8) is 0 Å². The third-order valence-electron chi connectivity index (χ3n) is 4.88. The lowest BCUT2D eigenvalue weighted by Gasteiger charge is -2.33. The molecule has 0 amide bonds. The summed E-state index contributed by atoms with van der Waals surface area (Å²) in [5.41, 5.74) is 2.90. The Kier molecular flexibility index (Phi) is 5.78. The average molecular weight is 391 g/mol. The number of nitrogens with zero attached hydrogens (tertiary/aromatic N) is 3. The van der Waals surface area contributed by atoms with Crippen molar-refractivity contribution >= 4 is 26.9 Å². The molecule has 146 valence electrons. The SMILES string of the molecule is CCOC(=O)c1c(CN2CCN(S(C)(=O)=O)CC2)nc2ccccc2c1C. The van der Waals surface area contributed by atoms with Crippen LogP contribution in [-0.2, 0) is 21.3 Å². The van der Waals surface area contributed by atoms with Gasteiger partial charge in [-0.15, -0.1) is 0 Å². The largest absolute Gasteiger partial charge is 0.462 e. The van der Waals surface area contributed by atoms with E-state index in [1.54, 1.807) is 6.92 Å². The van der Waals surface area contributed by atoms with Crippen LogP contribution in [0.15, 0.2) is 24.3 Å². The van der Waals surface area contributed by atoms with Gasteiger partial charge in [0.15, 0.2) is 0 Å². The van der Waals surface area contributed by atoms with Gasteiger partial charge in [0.2, 0.25) is 10.0 Å². The molecule has 0 spiro atoms. The fraction of sp³-hybridized carbons (Fsp3) is 0.474. The highest BCUT2D eigenvalue weighted by molar-refractivity contribution is 7.88. The second-order valence-corrected chi connectivity index (χ2v) is 8.72. The molecule has 0 saturated carbocycles. The smallest absolute Gasteiger partial charge is 0.340 e. The Morgan fingerprint density at radius 2 is 1.85 bits per heavy atom. The van der Waals surface area contributed by atoms with E-state index in [4.69, 9.17) is 9.72 Å². The molecule has 27 heavy (non-hydrogen) atoms. The molecule has 0 radical (unpaired) electrons.